The molecule has 0 radical (unpaired) electrons. The van der Waals surface area contributed by atoms with Crippen molar-refractivity contribution >= 4 is 39.8 Å². The molecule has 6 nitrogen and oxygen atoms in total. The van der Waals surface area contributed by atoms with Crippen LogP contribution in [0.15, 0.2) is 29.3 Å². The number of halogens is 1. The van der Waals surface area contributed by atoms with Crippen LogP contribution < -0.4 is 10.1 Å². The Labute approximate surface area is 179 Å². The van der Waals surface area contributed by atoms with Gasteiger partial charge in [-0.3, -0.25) is 4.99 Å². The van der Waals surface area contributed by atoms with Crippen LogP contribution in [-0.2, 0) is 9.84 Å². The number of benzene rings is 1. The standard InChI is InChI=1S/C19H29N3O3S.HI/c1-3-20-19(21-12-15-9-11-26(23,24)14-15)22-10-8-17(13-22)16-4-6-18(25-2)7-5-16;/h4-7,15,17H,3,8-14H2,1-2H3,(H,20,21);1H. The maximum absolute atomic E-state index is 11.6. The Morgan fingerprint density at radius 1 is 1.30 bits per heavy atom. The first-order valence-corrected chi connectivity index (χ1v) is 11.2. The minimum absolute atomic E-state index is 0. The Balaban J connectivity index is 0.00000261. The SMILES string of the molecule is CCNC(=NCC1CCS(=O)(=O)C1)N1CCC(c2ccc(OC)cc2)C1.I. The lowest BCUT2D eigenvalue weighted by Crippen LogP contribution is -2.40. The molecule has 27 heavy (non-hydrogen) atoms. The summed E-state index contributed by atoms with van der Waals surface area (Å²) in [6.07, 6.45) is 1.83. The van der Waals surface area contributed by atoms with Gasteiger partial charge in [0.05, 0.1) is 18.6 Å². The van der Waals surface area contributed by atoms with E-state index in [1.807, 2.05) is 12.1 Å². The highest BCUT2D eigenvalue weighted by Gasteiger charge is 2.29. The molecule has 1 aromatic carbocycles. The van der Waals surface area contributed by atoms with E-state index in [0.29, 0.717) is 18.2 Å². The first-order chi connectivity index (χ1) is 12.5. The number of nitrogens with zero attached hydrogens (tertiary/aromatic N) is 2. The van der Waals surface area contributed by atoms with Gasteiger partial charge in [-0.2, -0.15) is 0 Å². The molecule has 2 unspecified atom stereocenters. The number of hydrogen-bond acceptors (Lipinski definition) is 4. The number of hydrogen-bond donors (Lipinski definition) is 1. The third-order valence-corrected chi connectivity index (χ3v) is 7.07. The number of likely N-dealkylation sites (tertiary alicyclic amines) is 1. The first-order valence-electron chi connectivity index (χ1n) is 9.38. The summed E-state index contributed by atoms with van der Waals surface area (Å²) in [6.45, 7) is 5.36. The molecule has 1 aromatic rings. The van der Waals surface area contributed by atoms with Gasteiger partial charge in [-0.25, -0.2) is 8.42 Å². The van der Waals surface area contributed by atoms with Gasteiger partial charge in [0.15, 0.2) is 15.8 Å². The van der Waals surface area contributed by atoms with Crippen molar-refractivity contribution in [1.29, 1.82) is 0 Å². The molecular formula is C19H30IN3O3S. The second-order valence-corrected chi connectivity index (χ2v) is 9.40. The molecule has 0 aliphatic carbocycles. The monoisotopic (exact) mass is 507 g/mol. The molecular weight excluding hydrogens is 477 g/mol. The van der Waals surface area contributed by atoms with E-state index in [-0.39, 0.29) is 35.6 Å². The number of aliphatic imine (C=N–C) groups is 1. The number of rotatable bonds is 5. The van der Waals surface area contributed by atoms with Crippen molar-refractivity contribution < 1.29 is 13.2 Å². The Hall–Kier alpha value is -1.03. The second-order valence-electron chi connectivity index (χ2n) is 7.17. The fourth-order valence-corrected chi connectivity index (χ4v) is 5.61. The van der Waals surface area contributed by atoms with E-state index >= 15 is 0 Å². The summed E-state index contributed by atoms with van der Waals surface area (Å²) < 4.78 is 28.5. The van der Waals surface area contributed by atoms with Crippen molar-refractivity contribution in [3.05, 3.63) is 29.8 Å². The van der Waals surface area contributed by atoms with E-state index in [1.165, 1.54) is 5.56 Å². The zero-order valence-corrected chi connectivity index (χ0v) is 19.2. The first kappa shape index (κ1) is 22.3. The zero-order valence-electron chi connectivity index (χ0n) is 16.1. The highest BCUT2D eigenvalue weighted by atomic mass is 127. The summed E-state index contributed by atoms with van der Waals surface area (Å²) in [6, 6.07) is 8.30. The van der Waals surface area contributed by atoms with E-state index in [4.69, 9.17) is 9.73 Å². The van der Waals surface area contributed by atoms with Crippen molar-refractivity contribution in [2.75, 3.05) is 44.8 Å². The van der Waals surface area contributed by atoms with Gasteiger partial charge in [0, 0.05) is 32.1 Å². The van der Waals surface area contributed by atoms with Crippen LogP contribution in [0.1, 0.15) is 31.2 Å². The van der Waals surface area contributed by atoms with E-state index in [1.54, 1.807) is 7.11 Å². The topological polar surface area (TPSA) is 71.0 Å². The van der Waals surface area contributed by atoms with Crippen LogP contribution in [0, 0.1) is 5.92 Å². The van der Waals surface area contributed by atoms with Crippen molar-refractivity contribution in [3.63, 3.8) is 0 Å². The van der Waals surface area contributed by atoms with E-state index in [0.717, 1.165) is 44.2 Å². The molecule has 2 atom stereocenters. The molecule has 152 valence electrons. The summed E-state index contributed by atoms with van der Waals surface area (Å²) in [7, 11) is -1.16. The van der Waals surface area contributed by atoms with Gasteiger partial charge in [0.1, 0.15) is 5.75 Å². The molecule has 2 fully saturated rings. The lowest BCUT2D eigenvalue weighted by molar-refractivity contribution is 0.414. The van der Waals surface area contributed by atoms with Crippen LogP contribution in [-0.4, -0.2) is 64.1 Å². The molecule has 0 spiro atoms. The molecule has 2 saturated heterocycles. The predicted octanol–water partition coefficient (Wildman–Crippen LogP) is 2.50. The van der Waals surface area contributed by atoms with E-state index in [2.05, 4.69) is 29.3 Å². The molecule has 0 aromatic heterocycles. The zero-order chi connectivity index (χ0) is 18.6. The van der Waals surface area contributed by atoms with Gasteiger partial charge in [-0.1, -0.05) is 12.1 Å². The maximum Gasteiger partial charge on any atom is 0.193 e. The molecule has 2 aliphatic rings. The van der Waals surface area contributed by atoms with Crippen LogP contribution in [0.4, 0.5) is 0 Å². The number of guanidine groups is 1. The number of ether oxygens (including phenoxy) is 1. The lowest BCUT2D eigenvalue weighted by atomic mass is 9.98. The van der Waals surface area contributed by atoms with Crippen LogP contribution in [0.5, 0.6) is 5.75 Å². The average Bonchev–Trinajstić information content (AvgIpc) is 3.25. The minimum atomic E-state index is -2.84. The fraction of sp³-hybridized carbons (Fsp3) is 0.632. The average molecular weight is 507 g/mol. The van der Waals surface area contributed by atoms with Gasteiger partial charge in [0.2, 0.25) is 0 Å². The maximum atomic E-state index is 11.6. The molecule has 0 amide bonds. The highest BCUT2D eigenvalue weighted by molar-refractivity contribution is 14.0. The third-order valence-electron chi connectivity index (χ3n) is 5.24. The van der Waals surface area contributed by atoms with Crippen molar-refractivity contribution in [2.24, 2.45) is 10.9 Å². The number of sulfone groups is 1. The normalized spacial score (nSPS) is 24.5. The van der Waals surface area contributed by atoms with E-state index < -0.39 is 9.84 Å². The van der Waals surface area contributed by atoms with Crippen LogP contribution in [0.2, 0.25) is 0 Å². The Morgan fingerprint density at radius 2 is 2.04 bits per heavy atom. The van der Waals surface area contributed by atoms with E-state index in [9.17, 15) is 8.42 Å². The second kappa shape index (κ2) is 9.95. The van der Waals surface area contributed by atoms with Gasteiger partial charge in [-0.15, -0.1) is 24.0 Å². The van der Waals surface area contributed by atoms with Gasteiger partial charge >= 0.3 is 0 Å². The molecule has 0 bridgehead atoms. The lowest BCUT2D eigenvalue weighted by Gasteiger charge is -2.22. The molecule has 3 rings (SSSR count). The third kappa shape index (κ3) is 5.97. The van der Waals surface area contributed by atoms with Crippen molar-refractivity contribution in [2.45, 2.75) is 25.7 Å². The van der Waals surface area contributed by atoms with Crippen molar-refractivity contribution in [1.82, 2.24) is 10.2 Å². The largest absolute Gasteiger partial charge is 0.497 e. The molecule has 8 heteroatoms. The summed E-state index contributed by atoms with van der Waals surface area (Å²) in [5.74, 6) is 3.03. The number of methoxy groups -OCH3 is 1. The molecule has 0 saturated carbocycles. The minimum Gasteiger partial charge on any atom is -0.497 e. The molecule has 2 heterocycles. The Kier molecular flexibility index (Phi) is 8.20. The molecule has 2 aliphatic heterocycles. The summed E-state index contributed by atoms with van der Waals surface area (Å²) in [5, 5.41) is 3.37. The summed E-state index contributed by atoms with van der Waals surface area (Å²) >= 11 is 0. The summed E-state index contributed by atoms with van der Waals surface area (Å²) in [4.78, 5) is 7.04. The fourth-order valence-electron chi connectivity index (χ4n) is 3.76. The van der Waals surface area contributed by atoms with Crippen LogP contribution in [0.25, 0.3) is 0 Å². The van der Waals surface area contributed by atoms with Gasteiger partial charge in [0.25, 0.3) is 0 Å². The quantitative estimate of drug-likeness (QED) is 0.377. The number of nitrogens with one attached hydrogen (secondary N) is 1. The summed E-state index contributed by atoms with van der Waals surface area (Å²) in [5.41, 5.74) is 1.33. The van der Waals surface area contributed by atoms with Crippen LogP contribution in [0.3, 0.4) is 0 Å². The van der Waals surface area contributed by atoms with Crippen LogP contribution >= 0.6 is 24.0 Å². The van der Waals surface area contributed by atoms with Crippen molar-refractivity contribution in [3.8, 4) is 5.75 Å². The van der Waals surface area contributed by atoms with Gasteiger partial charge < -0.3 is 15.0 Å². The molecule has 1 N–H and O–H groups in total. The smallest absolute Gasteiger partial charge is 0.193 e. The Morgan fingerprint density at radius 3 is 2.63 bits per heavy atom. The predicted molar refractivity (Wildman–Crippen MR) is 120 cm³/mol. The van der Waals surface area contributed by atoms with Gasteiger partial charge in [-0.05, 0) is 43.4 Å². The Bertz CT molecular complexity index is 737. The highest BCUT2D eigenvalue weighted by Crippen LogP contribution is 2.28.